The molecule has 0 fully saturated rings. The lowest BCUT2D eigenvalue weighted by Gasteiger charge is -2.29. The Morgan fingerprint density at radius 1 is 0.459 bits per heavy atom. The van der Waals surface area contributed by atoms with Crippen LogP contribution >= 0.6 is 0 Å². The number of benzene rings is 1. The number of carboxylic acids is 2. The van der Waals surface area contributed by atoms with E-state index in [1.165, 1.54) is 43.7 Å². The Bertz CT molecular complexity index is 3540. The number of phenols is 1. The van der Waals surface area contributed by atoms with Gasteiger partial charge in [-0.15, -0.1) is 0 Å². The molecule has 1 aromatic heterocycles. The molecule has 0 aliphatic heterocycles. The van der Waals surface area contributed by atoms with Crippen LogP contribution in [-0.4, -0.2) is 280 Å². The van der Waals surface area contributed by atoms with Crippen LogP contribution in [0.1, 0.15) is 120 Å². The number of aliphatic hydroxyl groups excluding tert-OH is 5. The van der Waals surface area contributed by atoms with Crippen molar-refractivity contribution < 1.29 is 118 Å². The number of nitrogens with zero attached hydrogens (tertiary/aromatic N) is 2. The summed E-state index contributed by atoms with van der Waals surface area (Å²) >= 11 is 0. The highest BCUT2D eigenvalue weighted by Gasteiger charge is 2.39. The summed E-state index contributed by atoms with van der Waals surface area (Å²) in [7, 11) is 0. The van der Waals surface area contributed by atoms with Gasteiger partial charge >= 0.3 is 11.9 Å². The number of aliphatic carboxylic acids is 2. The molecule has 111 heavy (non-hydrogen) atoms. The number of guanidine groups is 1. The molecule has 0 radical (unpaired) electrons. The van der Waals surface area contributed by atoms with Crippen LogP contribution < -0.4 is 91.6 Å². The van der Waals surface area contributed by atoms with Crippen molar-refractivity contribution >= 4 is 101 Å². The third-order valence-electron chi connectivity index (χ3n) is 16.4. The van der Waals surface area contributed by atoms with Gasteiger partial charge in [0.15, 0.2) is 12.0 Å². The Kier molecular flexibility index (Phi) is 40.6. The van der Waals surface area contributed by atoms with E-state index in [2.05, 4.69) is 84.1 Å². The lowest BCUT2D eigenvalue weighted by Crippen LogP contribution is -2.63. The topological polar surface area (TPSA) is 722 Å². The molecule has 2 rings (SSSR count). The van der Waals surface area contributed by atoms with Crippen LogP contribution in [0, 0.1) is 11.8 Å². The molecule has 1 heterocycles. The highest BCUT2D eigenvalue weighted by Crippen LogP contribution is 2.15. The van der Waals surface area contributed by atoms with Crippen LogP contribution in [-0.2, 0) is 89.6 Å². The fraction of sp³-hybridized carbons (Fsp3) is 0.612. The summed E-state index contributed by atoms with van der Waals surface area (Å²) in [5.41, 5.74) is 17.0. The fourth-order valence-electron chi connectivity index (χ4n) is 10.2. The quantitative estimate of drug-likeness (QED) is 0.0166. The molecule has 0 saturated heterocycles. The minimum absolute atomic E-state index is 0.146. The van der Waals surface area contributed by atoms with E-state index < -0.39 is 235 Å². The molecule has 0 bridgehead atoms. The normalized spacial score (nSPS) is 16.1. The maximum Gasteiger partial charge on any atom is 0.328 e. The molecule has 18 atom stereocenters. The van der Waals surface area contributed by atoms with Crippen molar-refractivity contribution in [1.82, 2.24) is 84.4 Å². The van der Waals surface area contributed by atoms with E-state index in [0.29, 0.717) is 12.0 Å². The number of amides is 14. The van der Waals surface area contributed by atoms with E-state index in [0.717, 1.165) is 41.5 Å². The first-order chi connectivity index (χ1) is 51.8. The number of aliphatic imine (C=N–C) groups is 1. The van der Waals surface area contributed by atoms with E-state index in [1.807, 2.05) is 5.32 Å². The number of hydrogen-bond acceptors (Lipinski definition) is 25. The molecule has 0 saturated carbocycles. The number of carbonyl (C=O) groups is 16. The largest absolute Gasteiger partial charge is 0.508 e. The summed E-state index contributed by atoms with van der Waals surface area (Å²) in [6.07, 6.45) is -5.99. The smallest absolute Gasteiger partial charge is 0.328 e. The van der Waals surface area contributed by atoms with Gasteiger partial charge in [0.05, 0.1) is 56.4 Å². The predicted octanol–water partition coefficient (Wildman–Crippen LogP) is -10.1. The second kappa shape index (κ2) is 47.0. The summed E-state index contributed by atoms with van der Waals surface area (Å²) in [4.78, 5) is 225. The fourth-order valence-corrected chi connectivity index (χ4v) is 10.2. The van der Waals surface area contributed by atoms with Crippen molar-refractivity contribution in [1.29, 1.82) is 0 Å². The molecular formula is C67H108N20O24. The Hall–Kier alpha value is -11.2. The molecule has 0 aliphatic carbocycles. The number of nitrogens with one attached hydrogen (secondary N) is 15. The first kappa shape index (κ1) is 95.9. The van der Waals surface area contributed by atoms with Gasteiger partial charge in [-0.2, -0.15) is 0 Å². The number of imidazole rings is 1. The molecule has 0 unspecified atom stereocenters. The lowest BCUT2D eigenvalue weighted by molar-refractivity contribution is -0.145. The monoisotopic (exact) mass is 1580 g/mol. The van der Waals surface area contributed by atoms with Crippen molar-refractivity contribution in [2.24, 2.45) is 34.0 Å². The molecule has 620 valence electrons. The first-order valence-corrected chi connectivity index (χ1v) is 35.3. The zero-order valence-corrected chi connectivity index (χ0v) is 63.3. The maximum atomic E-state index is 14.4. The molecule has 2 aromatic rings. The summed E-state index contributed by atoms with van der Waals surface area (Å²) in [6, 6.07) is -18.0. The third kappa shape index (κ3) is 34.5. The number of aliphatic hydroxyl groups is 5. The second-order valence-corrected chi connectivity index (χ2v) is 27.3. The number of aromatic nitrogens is 2. The highest BCUT2D eigenvalue weighted by molar-refractivity contribution is 6.01. The average Bonchev–Trinajstić information content (AvgIpc) is 1.42. The van der Waals surface area contributed by atoms with E-state index in [9.17, 15) is 118 Å². The van der Waals surface area contributed by atoms with Gasteiger partial charge in [0.2, 0.25) is 82.7 Å². The highest BCUT2D eigenvalue weighted by atomic mass is 16.4. The van der Waals surface area contributed by atoms with Crippen LogP contribution in [0.5, 0.6) is 5.75 Å². The number of aromatic amines is 1. The van der Waals surface area contributed by atoms with Gasteiger partial charge in [0.25, 0.3) is 0 Å². The Labute approximate surface area is 638 Å². The van der Waals surface area contributed by atoms with Crippen molar-refractivity contribution in [3.05, 3.63) is 48.0 Å². The van der Waals surface area contributed by atoms with Crippen LogP contribution in [0.3, 0.4) is 0 Å². The number of nitrogens with two attached hydrogens (primary N) is 3. The summed E-state index contributed by atoms with van der Waals surface area (Å²) in [5.74, 6) is -19.8. The molecule has 0 aliphatic rings. The van der Waals surface area contributed by atoms with Crippen molar-refractivity contribution in [2.45, 2.75) is 230 Å². The number of carboxylic acid groups (broad SMARTS) is 2. The van der Waals surface area contributed by atoms with Gasteiger partial charge in [0, 0.05) is 31.3 Å². The van der Waals surface area contributed by atoms with Gasteiger partial charge in [-0.25, -0.2) is 9.78 Å². The van der Waals surface area contributed by atoms with Crippen LogP contribution in [0.4, 0.5) is 0 Å². The van der Waals surface area contributed by atoms with E-state index >= 15 is 0 Å². The van der Waals surface area contributed by atoms with Crippen LogP contribution in [0.25, 0.3) is 0 Å². The second-order valence-electron chi connectivity index (χ2n) is 27.3. The molecular weight excluding hydrogens is 1470 g/mol. The number of aromatic hydroxyl groups is 1. The standard InChI is InChI=1S/C67H108N20O24/c1-28(2)19-41(82-64(108)50(34(9)90)86-65(109)51(35(10)91)85-55(99)32(7)77-63(107)49(33(8)89)84-47(94)25-73-53(97)30(5)75-56(100)40(68)13-12-18-72-67(69)70)57(101)76-31(6)54(98)78-45(23-48(95)96)61(105)79-42(20-29(3)4)58(102)81-44(22-38-24-71-27-74-38)60(104)80-43(21-37-14-16-39(93)17-15-37)59(103)83-46(26-88)62(106)87-52(36(11)92)66(110)111/h14-17,24,27-36,40-46,49-52,88-93H,12-13,18-23,25-26,68H2,1-11H3,(H,71,74)(H,73,97)(H,75,100)(H,76,101)(H,77,107)(H,78,98)(H,79,105)(H,80,104)(H,81,102)(H,82,108)(H,83,103)(H,84,94)(H,85,99)(H,86,109)(H,87,106)(H,95,96)(H,110,111)(H4,69,70,72)/t30-,31-,32-,33+,34+,35+,36+,40-,41-,42-,43-,44-,45-,46-,49-,50-,51-,52-/m0/s1. The van der Waals surface area contributed by atoms with Gasteiger partial charge < -0.3 is 137 Å². The molecule has 0 spiro atoms. The summed E-state index contributed by atoms with van der Waals surface area (Å²) < 4.78 is 0. The van der Waals surface area contributed by atoms with Crippen molar-refractivity contribution in [3.8, 4) is 5.75 Å². The average molecular weight is 1580 g/mol. The molecule has 1 aromatic carbocycles. The van der Waals surface area contributed by atoms with Gasteiger partial charge in [-0.05, 0) is 104 Å². The zero-order chi connectivity index (χ0) is 84.4. The van der Waals surface area contributed by atoms with Crippen LogP contribution in [0.15, 0.2) is 41.8 Å². The van der Waals surface area contributed by atoms with E-state index in [4.69, 9.17) is 17.2 Å². The SMILES string of the molecule is CC(C)C[C@H](NC(=O)[C@H](CC(=O)O)NC(=O)[C@H](C)NC(=O)[C@H](CC(C)C)NC(=O)[C@@H](NC(=O)[C@@H](NC(=O)[C@H](C)NC(=O)[C@@H](NC(=O)CNC(=O)[C@H](C)NC(=O)[C@@H](N)CCCN=C(N)N)[C@@H](C)O)[C@@H](C)O)[C@@H](C)O)C(=O)N[C@@H](Cc1cnc[nH]1)C(=O)N[C@@H](Cc1ccc(O)cc1)C(=O)N[C@@H](CO)C(=O)N[C@H](C(=O)O)[C@@H](C)O. The van der Waals surface area contributed by atoms with Crippen molar-refractivity contribution in [2.75, 3.05) is 19.7 Å². The van der Waals surface area contributed by atoms with E-state index in [-0.39, 0.29) is 56.1 Å². The molecule has 14 amide bonds. The molecule has 44 heteroatoms. The summed E-state index contributed by atoms with van der Waals surface area (Å²) in [5, 5.41) is 113. The number of hydrogen-bond donors (Lipinski definition) is 26. The molecule has 44 nitrogen and oxygen atoms in total. The van der Waals surface area contributed by atoms with E-state index in [1.54, 1.807) is 27.7 Å². The third-order valence-corrected chi connectivity index (χ3v) is 16.4. The predicted molar refractivity (Wildman–Crippen MR) is 390 cm³/mol. The van der Waals surface area contributed by atoms with Gasteiger partial charge in [0.1, 0.15) is 78.3 Å². The number of phenolic OH excluding ortho intramolecular Hbond substituents is 1. The van der Waals surface area contributed by atoms with Crippen LogP contribution in [0.2, 0.25) is 0 Å². The Morgan fingerprint density at radius 3 is 1.32 bits per heavy atom. The maximum absolute atomic E-state index is 14.4. The van der Waals surface area contributed by atoms with Gasteiger partial charge in [-0.3, -0.25) is 76.9 Å². The van der Waals surface area contributed by atoms with Crippen molar-refractivity contribution in [3.63, 3.8) is 0 Å². The Morgan fingerprint density at radius 2 is 0.847 bits per heavy atom. The Balaban J connectivity index is 2.29. The number of H-pyrrole nitrogens is 1. The lowest BCUT2D eigenvalue weighted by atomic mass is 10.0. The van der Waals surface area contributed by atoms with Gasteiger partial charge in [-0.1, -0.05) is 39.8 Å². The summed E-state index contributed by atoms with van der Waals surface area (Å²) in [6.45, 7) is 12.7. The number of rotatable bonds is 48. The minimum atomic E-state index is -1.99. The number of carbonyl (C=O) groups excluding carboxylic acids is 14. The minimum Gasteiger partial charge on any atom is -0.508 e. The first-order valence-electron chi connectivity index (χ1n) is 35.3. The molecule has 29 N–H and O–H groups in total. The zero-order valence-electron chi connectivity index (χ0n) is 63.3.